The molecule has 96 valence electrons. The molecule has 0 aliphatic rings. The van der Waals surface area contributed by atoms with Crippen LogP contribution in [0.3, 0.4) is 0 Å². The molecule has 6 heteroatoms. The van der Waals surface area contributed by atoms with Gasteiger partial charge in [-0.2, -0.15) is 4.98 Å². The van der Waals surface area contributed by atoms with Gasteiger partial charge in [0.1, 0.15) is 0 Å². The van der Waals surface area contributed by atoms with E-state index in [9.17, 15) is 0 Å². The molecule has 0 spiro atoms. The summed E-state index contributed by atoms with van der Waals surface area (Å²) >= 11 is 0. The maximum Gasteiger partial charge on any atom is 0.321 e. The lowest BCUT2D eigenvalue weighted by Gasteiger charge is -2.04. The molecule has 0 bridgehead atoms. The average molecular weight is 247 g/mol. The van der Waals surface area contributed by atoms with Crippen molar-refractivity contribution >= 4 is 6.01 Å². The van der Waals surface area contributed by atoms with Crippen molar-refractivity contribution in [1.82, 2.24) is 20.4 Å². The molecule has 0 fully saturated rings. The van der Waals surface area contributed by atoms with Crippen LogP contribution in [0.5, 0.6) is 0 Å². The van der Waals surface area contributed by atoms with Gasteiger partial charge in [-0.25, -0.2) is 0 Å². The fourth-order valence-corrected chi connectivity index (χ4v) is 1.51. The van der Waals surface area contributed by atoms with Gasteiger partial charge in [-0.05, 0) is 31.5 Å². The molecular formula is C12H17N5O. The van der Waals surface area contributed by atoms with E-state index in [1.165, 1.54) is 5.56 Å². The zero-order valence-corrected chi connectivity index (χ0v) is 10.4. The van der Waals surface area contributed by atoms with E-state index in [0.717, 1.165) is 26.1 Å². The molecule has 0 atom stereocenters. The molecule has 0 saturated heterocycles. The third-order valence-electron chi connectivity index (χ3n) is 2.39. The van der Waals surface area contributed by atoms with E-state index >= 15 is 0 Å². The predicted molar refractivity (Wildman–Crippen MR) is 68.1 cm³/mol. The van der Waals surface area contributed by atoms with E-state index in [0.29, 0.717) is 11.8 Å². The molecule has 2 heterocycles. The minimum Gasteiger partial charge on any atom is -0.338 e. The van der Waals surface area contributed by atoms with Crippen molar-refractivity contribution in [2.75, 3.05) is 18.4 Å². The van der Waals surface area contributed by atoms with Gasteiger partial charge in [0, 0.05) is 25.5 Å². The van der Waals surface area contributed by atoms with Crippen LogP contribution in [0.15, 0.2) is 29.0 Å². The van der Waals surface area contributed by atoms with E-state index in [-0.39, 0.29) is 0 Å². The van der Waals surface area contributed by atoms with Gasteiger partial charge in [0.05, 0.1) is 0 Å². The number of pyridine rings is 1. The molecule has 2 aromatic rings. The molecule has 6 nitrogen and oxygen atoms in total. The van der Waals surface area contributed by atoms with Crippen molar-refractivity contribution in [3.05, 3.63) is 35.9 Å². The monoisotopic (exact) mass is 247 g/mol. The normalized spacial score (nSPS) is 10.5. The van der Waals surface area contributed by atoms with Crippen LogP contribution in [0.4, 0.5) is 6.01 Å². The Bertz CT molecular complexity index is 457. The Balaban J connectivity index is 1.54. The van der Waals surface area contributed by atoms with Crippen molar-refractivity contribution in [3.8, 4) is 0 Å². The van der Waals surface area contributed by atoms with Gasteiger partial charge in [-0.15, -0.1) is 0 Å². The first-order valence-corrected chi connectivity index (χ1v) is 5.98. The Kier molecular flexibility index (Phi) is 4.66. The van der Waals surface area contributed by atoms with Gasteiger partial charge in [-0.1, -0.05) is 11.2 Å². The van der Waals surface area contributed by atoms with Crippen LogP contribution in [0, 0.1) is 6.92 Å². The summed E-state index contributed by atoms with van der Waals surface area (Å²) < 4.78 is 4.94. The zero-order valence-electron chi connectivity index (χ0n) is 10.4. The SMILES string of the molecule is Cc1noc(NCCCNCc2cccnc2)n1. The number of aryl methyl sites for hydroxylation is 1. The zero-order chi connectivity index (χ0) is 12.6. The quantitative estimate of drug-likeness (QED) is 0.720. The summed E-state index contributed by atoms with van der Waals surface area (Å²) in [5.74, 6) is 0.646. The summed E-state index contributed by atoms with van der Waals surface area (Å²) in [6.45, 7) is 4.37. The second-order valence-corrected chi connectivity index (χ2v) is 3.97. The van der Waals surface area contributed by atoms with Crippen molar-refractivity contribution in [3.63, 3.8) is 0 Å². The Morgan fingerprint density at radius 2 is 2.28 bits per heavy atom. The van der Waals surface area contributed by atoms with Crippen molar-refractivity contribution in [1.29, 1.82) is 0 Å². The number of rotatable bonds is 7. The van der Waals surface area contributed by atoms with Gasteiger partial charge >= 0.3 is 6.01 Å². The van der Waals surface area contributed by atoms with Gasteiger partial charge in [0.15, 0.2) is 5.82 Å². The predicted octanol–water partition coefficient (Wildman–Crippen LogP) is 1.36. The maximum atomic E-state index is 4.94. The number of hydrogen-bond acceptors (Lipinski definition) is 6. The summed E-state index contributed by atoms with van der Waals surface area (Å²) in [4.78, 5) is 8.12. The highest BCUT2D eigenvalue weighted by molar-refractivity contribution is 5.17. The van der Waals surface area contributed by atoms with Crippen molar-refractivity contribution < 1.29 is 4.52 Å². The van der Waals surface area contributed by atoms with Gasteiger partial charge in [-0.3, -0.25) is 4.98 Å². The van der Waals surface area contributed by atoms with Crippen LogP contribution in [-0.2, 0) is 6.54 Å². The molecule has 0 saturated carbocycles. The topological polar surface area (TPSA) is 75.9 Å². The van der Waals surface area contributed by atoms with Gasteiger partial charge in [0.2, 0.25) is 0 Å². The standard InChI is InChI=1S/C12H17N5O/c1-10-16-12(18-17-10)15-7-3-6-14-9-11-4-2-5-13-8-11/h2,4-5,8,14H,3,6-7,9H2,1H3,(H,15,16,17). The van der Waals surface area contributed by atoms with Crippen molar-refractivity contribution in [2.45, 2.75) is 19.9 Å². The Morgan fingerprint density at radius 1 is 1.33 bits per heavy atom. The highest BCUT2D eigenvalue weighted by Gasteiger charge is 1.99. The number of nitrogens with zero attached hydrogens (tertiary/aromatic N) is 3. The number of nitrogens with one attached hydrogen (secondary N) is 2. The molecule has 0 aromatic carbocycles. The Hall–Kier alpha value is -1.95. The Morgan fingerprint density at radius 3 is 3.00 bits per heavy atom. The second kappa shape index (κ2) is 6.70. The largest absolute Gasteiger partial charge is 0.338 e. The van der Waals surface area contributed by atoms with E-state index in [1.807, 2.05) is 12.3 Å². The lowest BCUT2D eigenvalue weighted by molar-refractivity contribution is 0.425. The van der Waals surface area contributed by atoms with Crippen LogP contribution in [0.2, 0.25) is 0 Å². The summed E-state index contributed by atoms with van der Waals surface area (Å²) in [7, 11) is 0. The van der Waals surface area contributed by atoms with E-state index in [1.54, 1.807) is 13.1 Å². The van der Waals surface area contributed by atoms with Gasteiger partial charge in [0.25, 0.3) is 0 Å². The van der Waals surface area contributed by atoms with Crippen LogP contribution in [0.25, 0.3) is 0 Å². The molecule has 0 aliphatic carbocycles. The van der Waals surface area contributed by atoms with Crippen LogP contribution >= 0.6 is 0 Å². The summed E-state index contributed by atoms with van der Waals surface area (Å²) in [6.07, 6.45) is 4.63. The molecule has 0 radical (unpaired) electrons. The van der Waals surface area contributed by atoms with E-state index in [2.05, 4.69) is 31.8 Å². The lowest BCUT2D eigenvalue weighted by Crippen LogP contribution is -2.17. The minimum atomic E-state index is 0.486. The van der Waals surface area contributed by atoms with Crippen LogP contribution in [-0.4, -0.2) is 28.2 Å². The lowest BCUT2D eigenvalue weighted by atomic mass is 10.3. The maximum absolute atomic E-state index is 4.94. The fourth-order valence-electron chi connectivity index (χ4n) is 1.51. The molecule has 2 aromatic heterocycles. The third kappa shape index (κ3) is 4.14. The average Bonchev–Trinajstić information content (AvgIpc) is 2.81. The first-order valence-electron chi connectivity index (χ1n) is 5.98. The molecule has 2 rings (SSSR count). The first-order chi connectivity index (χ1) is 8.84. The third-order valence-corrected chi connectivity index (χ3v) is 2.39. The number of anilines is 1. The first kappa shape index (κ1) is 12.5. The van der Waals surface area contributed by atoms with Crippen LogP contribution in [0.1, 0.15) is 17.8 Å². The second-order valence-electron chi connectivity index (χ2n) is 3.97. The summed E-state index contributed by atoms with van der Waals surface area (Å²) in [5, 5.41) is 10.1. The van der Waals surface area contributed by atoms with Gasteiger partial charge < -0.3 is 15.2 Å². The highest BCUT2D eigenvalue weighted by atomic mass is 16.5. The molecular weight excluding hydrogens is 230 g/mol. The van der Waals surface area contributed by atoms with E-state index in [4.69, 9.17) is 4.52 Å². The molecule has 18 heavy (non-hydrogen) atoms. The molecule has 2 N–H and O–H groups in total. The smallest absolute Gasteiger partial charge is 0.321 e. The number of aromatic nitrogens is 3. The highest BCUT2D eigenvalue weighted by Crippen LogP contribution is 2.01. The summed E-state index contributed by atoms with van der Waals surface area (Å²) in [6, 6.07) is 4.48. The Labute approximate surface area is 106 Å². The summed E-state index contributed by atoms with van der Waals surface area (Å²) in [5.41, 5.74) is 1.19. The van der Waals surface area contributed by atoms with E-state index < -0.39 is 0 Å². The van der Waals surface area contributed by atoms with Crippen LogP contribution < -0.4 is 10.6 Å². The minimum absolute atomic E-state index is 0.486. The molecule has 0 unspecified atom stereocenters. The molecule has 0 amide bonds. The van der Waals surface area contributed by atoms with Crippen molar-refractivity contribution in [2.24, 2.45) is 0 Å². The fraction of sp³-hybridized carbons (Fsp3) is 0.417. The molecule has 0 aliphatic heterocycles. The number of hydrogen-bond donors (Lipinski definition) is 2.